The van der Waals surface area contributed by atoms with Crippen molar-refractivity contribution in [2.75, 3.05) is 26.9 Å². The van der Waals surface area contributed by atoms with E-state index in [2.05, 4.69) is 13.8 Å². The Bertz CT molecular complexity index is 462. The van der Waals surface area contributed by atoms with Gasteiger partial charge in [0, 0.05) is 18.3 Å². The van der Waals surface area contributed by atoms with Gasteiger partial charge in [0.15, 0.2) is 5.79 Å². The Morgan fingerprint density at radius 2 is 1.79 bits per heavy atom. The molecule has 1 atom stereocenters. The van der Waals surface area contributed by atoms with Crippen LogP contribution in [-0.2, 0) is 28.5 Å². The van der Waals surface area contributed by atoms with Crippen molar-refractivity contribution in [3.8, 4) is 0 Å². The number of hydrogen-bond donors (Lipinski definition) is 0. The summed E-state index contributed by atoms with van der Waals surface area (Å²) < 4.78 is 22.4. The molecule has 2 rings (SSSR count). The number of ether oxygens (including phenoxy) is 4. The van der Waals surface area contributed by atoms with E-state index >= 15 is 0 Å². The van der Waals surface area contributed by atoms with Crippen LogP contribution < -0.4 is 0 Å². The number of methoxy groups -OCH3 is 1. The molecular weight excluding hydrogens is 312 g/mol. The maximum absolute atomic E-state index is 12.8. The average molecular weight is 342 g/mol. The normalized spacial score (nSPS) is 27.8. The van der Waals surface area contributed by atoms with Crippen LogP contribution in [0.25, 0.3) is 0 Å². The summed E-state index contributed by atoms with van der Waals surface area (Å²) in [6.07, 6.45) is 3.51. The van der Waals surface area contributed by atoms with E-state index in [1.165, 1.54) is 7.11 Å². The van der Waals surface area contributed by atoms with Gasteiger partial charge < -0.3 is 18.9 Å². The fourth-order valence-electron chi connectivity index (χ4n) is 3.76. The number of hydrogen-bond acceptors (Lipinski definition) is 6. The molecule has 0 amide bonds. The lowest BCUT2D eigenvalue weighted by atomic mass is 9.75. The van der Waals surface area contributed by atoms with Crippen LogP contribution in [0, 0.1) is 10.8 Å². The first-order chi connectivity index (χ1) is 11.3. The minimum absolute atomic E-state index is 0.0692. The van der Waals surface area contributed by atoms with Gasteiger partial charge in [-0.1, -0.05) is 13.8 Å². The summed E-state index contributed by atoms with van der Waals surface area (Å²) in [5.74, 6) is -1.47. The Kier molecular flexibility index (Phi) is 5.91. The molecule has 0 aromatic carbocycles. The predicted molar refractivity (Wildman–Crippen MR) is 87.2 cm³/mol. The number of esters is 2. The standard InChI is InChI=1S/C18H30O6/c1-5-22-15(20)17(9-6-8-14(19)21-4)10-7-11-18(17)23-12-16(2,3)13-24-18/h5-13H2,1-4H3/t17-/m1/s1. The Balaban J connectivity index is 2.20. The van der Waals surface area contributed by atoms with Gasteiger partial charge in [-0.3, -0.25) is 9.59 Å². The van der Waals surface area contributed by atoms with E-state index in [1.54, 1.807) is 6.92 Å². The van der Waals surface area contributed by atoms with Crippen molar-refractivity contribution >= 4 is 11.9 Å². The minimum atomic E-state index is -0.926. The van der Waals surface area contributed by atoms with E-state index in [4.69, 9.17) is 18.9 Å². The molecule has 0 N–H and O–H groups in total. The molecule has 138 valence electrons. The largest absolute Gasteiger partial charge is 0.469 e. The molecule has 2 fully saturated rings. The quantitative estimate of drug-likeness (QED) is 0.691. The molecule has 1 spiro atoms. The van der Waals surface area contributed by atoms with Crippen molar-refractivity contribution in [2.45, 2.75) is 65.1 Å². The van der Waals surface area contributed by atoms with E-state index < -0.39 is 11.2 Å². The highest BCUT2D eigenvalue weighted by Gasteiger charge is 2.64. The van der Waals surface area contributed by atoms with Crippen LogP contribution in [-0.4, -0.2) is 44.7 Å². The number of carbonyl (C=O) groups excluding carboxylic acids is 2. The molecule has 0 aromatic heterocycles. The van der Waals surface area contributed by atoms with Crippen LogP contribution in [0.1, 0.15) is 59.3 Å². The Hall–Kier alpha value is -1.14. The zero-order valence-corrected chi connectivity index (χ0v) is 15.3. The summed E-state index contributed by atoms with van der Waals surface area (Å²) in [6, 6.07) is 0. The minimum Gasteiger partial charge on any atom is -0.469 e. The zero-order chi connectivity index (χ0) is 17.8. The third-order valence-corrected chi connectivity index (χ3v) is 5.11. The Morgan fingerprint density at radius 1 is 1.12 bits per heavy atom. The summed E-state index contributed by atoms with van der Waals surface area (Å²) in [6.45, 7) is 7.37. The van der Waals surface area contributed by atoms with Crippen molar-refractivity contribution in [1.82, 2.24) is 0 Å². The van der Waals surface area contributed by atoms with Crippen LogP contribution >= 0.6 is 0 Å². The molecule has 24 heavy (non-hydrogen) atoms. The van der Waals surface area contributed by atoms with Crippen LogP contribution in [0.3, 0.4) is 0 Å². The molecule has 1 aliphatic heterocycles. The molecule has 2 aliphatic rings. The molecule has 6 heteroatoms. The second kappa shape index (κ2) is 7.40. The molecule has 1 aliphatic carbocycles. The maximum Gasteiger partial charge on any atom is 0.317 e. The van der Waals surface area contributed by atoms with Crippen molar-refractivity contribution in [3.63, 3.8) is 0 Å². The first-order valence-corrected chi connectivity index (χ1v) is 8.83. The third-order valence-electron chi connectivity index (χ3n) is 5.11. The predicted octanol–water partition coefficient (Wildman–Crippen LogP) is 2.83. The van der Waals surface area contributed by atoms with Gasteiger partial charge in [-0.25, -0.2) is 0 Å². The highest BCUT2D eigenvalue weighted by Crippen LogP contribution is 2.55. The van der Waals surface area contributed by atoms with Crippen LogP contribution in [0.15, 0.2) is 0 Å². The Labute approximate surface area is 144 Å². The van der Waals surface area contributed by atoms with Gasteiger partial charge in [-0.15, -0.1) is 0 Å². The lowest BCUT2D eigenvalue weighted by Crippen LogP contribution is -2.58. The lowest BCUT2D eigenvalue weighted by molar-refractivity contribution is -0.335. The second-order valence-electron chi connectivity index (χ2n) is 7.58. The topological polar surface area (TPSA) is 71.1 Å². The summed E-state index contributed by atoms with van der Waals surface area (Å²) >= 11 is 0. The first kappa shape index (κ1) is 19.2. The Morgan fingerprint density at radius 3 is 2.38 bits per heavy atom. The van der Waals surface area contributed by atoms with Crippen molar-refractivity contribution in [1.29, 1.82) is 0 Å². The smallest absolute Gasteiger partial charge is 0.317 e. The van der Waals surface area contributed by atoms with E-state index in [0.717, 1.165) is 6.42 Å². The summed E-state index contributed by atoms with van der Waals surface area (Å²) in [4.78, 5) is 24.3. The molecule has 1 heterocycles. The highest BCUT2D eigenvalue weighted by atomic mass is 16.7. The second-order valence-corrected chi connectivity index (χ2v) is 7.58. The van der Waals surface area contributed by atoms with Gasteiger partial charge in [-0.05, 0) is 32.6 Å². The van der Waals surface area contributed by atoms with Gasteiger partial charge in [0.25, 0.3) is 0 Å². The van der Waals surface area contributed by atoms with Crippen molar-refractivity contribution < 1.29 is 28.5 Å². The molecule has 0 unspecified atom stereocenters. The van der Waals surface area contributed by atoms with E-state index in [1.807, 2.05) is 0 Å². The van der Waals surface area contributed by atoms with E-state index in [-0.39, 0.29) is 23.8 Å². The molecule has 6 nitrogen and oxygen atoms in total. The molecule has 0 aromatic rings. The van der Waals surface area contributed by atoms with E-state index in [9.17, 15) is 9.59 Å². The fraction of sp³-hybridized carbons (Fsp3) is 0.889. The number of rotatable bonds is 6. The number of carbonyl (C=O) groups is 2. The van der Waals surface area contributed by atoms with Gasteiger partial charge in [-0.2, -0.15) is 0 Å². The van der Waals surface area contributed by atoms with E-state index in [0.29, 0.717) is 45.5 Å². The van der Waals surface area contributed by atoms with Crippen LogP contribution in [0.4, 0.5) is 0 Å². The molecule has 0 radical (unpaired) electrons. The molecule has 1 saturated carbocycles. The fourth-order valence-corrected chi connectivity index (χ4v) is 3.76. The lowest BCUT2D eigenvalue weighted by Gasteiger charge is -2.49. The maximum atomic E-state index is 12.8. The molecule has 1 saturated heterocycles. The van der Waals surface area contributed by atoms with Gasteiger partial charge in [0.2, 0.25) is 0 Å². The highest BCUT2D eigenvalue weighted by molar-refractivity contribution is 5.79. The van der Waals surface area contributed by atoms with Crippen molar-refractivity contribution in [2.24, 2.45) is 10.8 Å². The third kappa shape index (κ3) is 3.59. The SMILES string of the molecule is CCOC(=O)[C@@]1(CCCC(=O)OC)CCCC12OCC(C)(C)CO2. The average Bonchev–Trinajstić information content (AvgIpc) is 2.90. The summed E-state index contributed by atoms with van der Waals surface area (Å²) in [5.41, 5.74) is -0.909. The summed E-state index contributed by atoms with van der Waals surface area (Å²) in [5, 5.41) is 0. The van der Waals surface area contributed by atoms with Crippen molar-refractivity contribution in [3.05, 3.63) is 0 Å². The van der Waals surface area contributed by atoms with Crippen LogP contribution in [0.5, 0.6) is 0 Å². The summed E-state index contributed by atoms with van der Waals surface area (Å²) in [7, 11) is 1.37. The first-order valence-electron chi connectivity index (χ1n) is 8.83. The molecule has 0 bridgehead atoms. The van der Waals surface area contributed by atoms with Gasteiger partial charge >= 0.3 is 11.9 Å². The zero-order valence-electron chi connectivity index (χ0n) is 15.3. The monoisotopic (exact) mass is 342 g/mol. The van der Waals surface area contributed by atoms with Crippen LogP contribution in [0.2, 0.25) is 0 Å². The van der Waals surface area contributed by atoms with Gasteiger partial charge in [0.05, 0.1) is 26.9 Å². The van der Waals surface area contributed by atoms with Gasteiger partial charge in [0.1, 0.15) is 5.41 Å². The molecular formula is C18H30O6.